The number of anilines is 2. The van der Waals surface area contributed by atoms with Crippen molar-refractivity contribution in [3.8, 4) is 0 Å². The highest BCUT2D eigenvalue weighted by molar-refractivity contribution is 7.92. The molecular formula is C20H19Cl2N3O4S. The first-order chi connectivity index (χ1) is 14.1. The third-order valence-corrected chi connectivity index (χ3v) is 6.41. The maximum atomic E-state index is 12.8. The molecule has 0 spiro atoms. The van der Waals surface area contributed by atoms with Gasteiger partial charge in [-0.25, -0.2) is 8.42 Å². The van der Waals surface area contributed by atoms with Crippen molar-refractivity contribution in [1.29, 1.82) is 0 Å². The number of amides is 1. The van der Waals surface area contributed by atoms with Crippen LogP contribution in [0.15, 0.2) is 51.9 Å². The summed E-state index contributed by atoms with van der Waals surface area (Å²) in [7, 11) is -4.06. The predicted octanol–water partition coefficient (Wildman–Crippen LogP) is 5.47. The fourth-order valence-electron chi connectivity index (χ4n) is 2.78. The Bertz CT molecular complexity index is 1210. The molecule has 0 aliphatic carbocycles. The average molecular weight is 468 g/mol. The van der Waals surface area contributed by atoms with Crippen LogP contribution in [-0.4, -0.2) is 19.5 Å². The lowest BCUT2D eigenvalue weighted by Gasteiger charge is -2.13. The molecule has 0 aliphatic rings. The number of halogens is 2. The second kappa shape index (κ2) is 8.67. The Morgan fingerprint density at radius 3 is 2.47 bits per heavy atom. The lowest BCUT2D eigenvalue weighted by Crippen LogP contribution is -2.17. The number of nitrogens with one attached hydrogen (secondary N) is 2. The fourth-order valence-corrected chi connectivity index (χ4v) is 4.63. The number of carbonyl (C=O) groups is 1. The molecule has 2 N–H and O–H groups in total. The lowest BCUT2D eigenvalue weighted by atomic mass is 10.0. The molecule has 1 heterocycles. The second-order valence-electron chi connectivity index (χ2n) is 6.85. The van der Waals surface area contributed by atoms with Crippen molar-refractivity contribution >= 4 is 50.5 Å². The normalized spacial score (nSPS) is 11.5. The molecule has 0 saturated carbocycles. The molecule has 1 amide bonds. The van der Waals surface area contributed by atoms with E-state index in [0.717, 1.165) is 0 Å². The highest BCUT2D eigenvalue weighted by Gasteiger charge is 2.24. The highest BCUT2D eigenvalue weighted by atomic mass is 35.5. The van der Waals surface area contributed by atoms with Crippen LogP contribution >= 0.6 is 23.2 Å². The maximum Gasteiger partial charge on any atom is 0.263 e. The summed E-state index contributed by atoms with van der Waals surface area (Å²) in [5.74, 6) is -0.0534. The van der Waals surface area contributed by atoms with Gasteiger partial charge in [0, 0.05) is 11.6 Å². The average Bonchev–Trinajstić information content (AvgIpc) is 3.07. The molecule has 7 nitrogen and oxygen atoms in total. The SMILES string of the molecule is Cc1noc(C(C)C)c1C(=O)Nc1ccc(Cl)c(S(=O)(=O)Nc2ccccc2Cl)c1. The van der Waals surface area contributed by atoms with Gasteiger partial charge in [-0.05, 0) is 37.3 Å². The van der Waals surface area contributed by atoms with Gasteiger partial charge in [-0.1, -0.05) is 54.3 Å². The molecule has 30 heavy (non-hydrogen) atoms. The summed E-state index contributed by atoms with van der Waals surface area (Å²) in [5, 5.41) is 6.77. The number of hydrogen-bond acceptors (Lipinski definition) is 5. The number of rotatable bonds is 6. The molecule has 158 valence electrons. The molecule has 0 unspecified atom stereocenters. The Balaban J connectivity index is 1.91. The third-order valence-electron chi connectivity index (χ3n) is 4.24. The van der Waals surface area contributed by atoms with Crippen LogP contribution in [0.25, 0.3) is 0 Å². The summed E-state index contributed by atoms with van der Waals surface area (Å²) < 4.78 is 33.3. The number of nitrogens with zero attached hydrogens (tertiary/aromatic N) is 1. The zero-order valence-electron chi connectivity index (χ0n) is 16.4. The fraction of sp³-hybridized carbons (Fsp3) is 0.200. The number of para-hydroxylation sites is 1. The zero-order valence-corrected chi connectivity index (χ0v) is 18.7. The van der Waals surface area contributed by atoms with Crippen LogP contribution in [0.4, 0.5) is 11.4 Å². The first-order valence-electron chi connectivity index (χ1n) is 8.94. The van der Waals surface area contributed by atoms with E-state index in [-0.39, 0.29) is 32.2 Å². The van der Waals surface area contributed by atoms with E-state index in [9.17, 15) is 13.2 Å². The van der Waals surface area contributed by atoms with Crippen LogP contribution in [0.1, 0.15) is 41.6 Å². The van der Waals surface area contributed by atoms with E-state index >= 15 is 0 Å². The van der Waals surface area contributed by atoms with Gasteiger partial charge in [0.25, 0.3) is 15.9 Å². The van der Waals surface area contributed by atoms with Gasteiger partial charge < -0.3 is 9.84 Å². The van der Waals surface area contributed by atoms with Gasteiger partial charge in [-0.3, -0.25) is 9.52 Å². The van der Waals surface area contributed by atoms with Crippen molar-refractivity contribution in [2.75, 3.05) is 10.0 Å². The molecule has 0 saturated heterocycles. The van der Waals surface area contributed by atoms with E-state index in [1.807, 2.05) is 13.8 Å². The van der Waals surface area contributed by atoms with Gasteiger partial charge in [-0.15, -0.1) is 0 Å². The molecule has 0 bridgehead atoms. The Morgan fingerprint density at radius 1 is 1.10 bits per heavy atom. The number of sulfonamides is 1. The maximum absolute atomic E-state index is 12.8. The monoisotopic (exact) mass is 467 g/mol. The number of carbonyl (C=O) groups excluding carboxylic acids is 1. The lowest BCUT2D eigenvalue weighted by molar-refractivity contribution is 0.102. The van der Waals surface area contributed by atoms with Crippen LogP contribution < -0.4 is 10.0 Å². The molecule has 0 atom stereocenters. The van der Waals surface area contributed by atoms with Gasteiger partial charge in [0.05, 0.1) is 21.4 Å². The summed E-state index contributed by atoms with van der Waals surface area (Å²) in [4.78, 5) is 12.6. The van der Waals surface area contributed by atoms with Crippen LogP contribution in [-0.2, 0) is 10.0 Å². The molecule has 0 aliphatic heterocycles. The smallest absolute Gasteiger partial charge is 0.263 e. The van der Waals surface area contributed by atoms with E-state index in [1.165, 1.54) is 24.3 Å². The Hall–Kier alpha value is -2.55. The van der Waals surface area contributed by atoms with Crippen molar-refractivity contribution in [2.24, 2.45) is 0 Å². The van der Waals surface area contributed by atoms with Gasteiger partial charge >= 0.3 is 0 Å². The van der Waals surface area contributed by atoms with Crippen molar-refractivity contribution in [1.82, 2.24) is 5.16 Å². The van der Waals surface area contributed by atoms with Crippen LogP contribution in [0.2, 0.25) is 10.0 Å². The molecule has 10 heteroatoms. The van der Waals surface area contributed by atoms with E-state index in [0.29, 0.717) is 17.0 Å². The van der Waals surface area contributed by atoms with Crippen LogP contribution in [0.5, 0.6) is 0 Å². The van der Waals surface area contributed by atoms with Crippen molar-refractivity contribution in [3.05, 3.63) is 69.5 Å². The minimum atomic E-state index is -4.06. The molecule has 0 fully saturated rings. The molecular weight excluding hydrogens is 449 g/mol. The highest BCUT2D eigenvalue weighted by Crippen LogP contribution is 2.30. The van der Waals surface area contributed by atoms with Crippen molar-refractivity contribution < 1.29 is 17.7 Å². The summed E-state index contributed by atoms with van der Waals surface area (Å²) >= 11 is 12.2. The number of benzene rings is 2. The largest absolute Gasteiger partial charge is 0.360 e. The van der Waals surface area contributed by atoms with E-state index in [2.05, 4.69) is 15.2 Å². The standard InChI is InChI=1S/C20H19Cl2N3O4S/c1-11(2)19-18(12(3)24-29-19)20(26)23-13-8-9-15(22)17(10-13)30(27,28)25-16-7-5-4-6-14(16)21/h4-11,25H,1-3H3,(H,23,26). The molecule has 3 rings (SSSR count). The van der Waals surface area contributed by atoms with Crippen molar-refractivity contribution in [2.45, 2.75) is 31.6 Å². The second-order valence-corrected chi connectivity index (χ2v) is 9.31. The topological polar surface area (TPSA) is 101 Å². The Kier molecular flexibility index (Phi) is 6.40. The number of hydrogen-bond donors (Lipinski definition) is 2. The molecule has 1 aromatic heterocycles. The van der Waals surface area contributed by atoms with E-state index in [4.69, 9.17) is 27.7 Å². The minimum absolute atomic E-state index is 0.00317. The summed E-state index contributed by atoms with van der Waals surface area (Å²) in [6.07, 6.45) is 0. The third kappa shape index (κ3) is 4.61. The summed E-state index contributed by atoms with van der Waals surface area (Å²) in [5.41, 5.74) is 1.22. The Labute approximate surface area is 184 Å². The number of aromatic nitrogens is 1. The first-order valence-corrected chi connectivity index (χ1v) is 11.2. The van der Waals surface area contributed by atoms with E-state index in [1.54, 1.807) is 25.1 Å². The predicted molar refractivity (Wildman–Crippen MR) is 117 cm³/mol. The van der Waals surface area contributed by atoms with Crippen LogP contribution in [0, 0.1) is 6.92 Å². The van der Waals surface area contributed by atoms with Gasteiger partial charge in [0.15, 0.2) is 5.76 Å². The quantitative estimate of drug-likeness (QED) is 0.500. The molecule has 2 aromatic carbocycles. The van der Waals surface area contributed by atoms with Crippen LogP contribution in [0.3, 0.4) is 0 Å². The van der Waals surface area contributed by atoms with Gasteiger partial charge in [0.2, 0.25) is 0 Å². The van der Waals surface area contributed by atoms with Gasteiger partial charge in [-0.2, -0.15) is 0 Å². The molecule has 3 aromatic rings. The summed E-state index contributed by atoms with van der Waals surface area (Å²) in [6, 6.07) is 10.6. The van der Waals surface area contributed by atoms with E-state index < -0.39 is 15.9 Å². The minimum Gasteiger partial charge on any atom is -0.360 e. The van der Waals surface area contributed by atoms with Crippen molar-refractivity contribution in [3.63, 3.8) is 0 Å². The van der Waals surface area contributed by atoms with Gasteiger partial charge in [0.1, 0.15) is 10.5 Å². The first kappa shape index (κ1) is 22.1. The Morgan fingerprint density at radius 2 is 1.80 bits per heavy atom. The number of aryl methyl sites for hydroxylation is 1. The zero-order chi connectivity index (χ0) is 22.1. The molecule has 0 radical (unpaired) electrons. The summed E-state index contributed by atoms with van der Waals surface area (Å²) in [6.45, 7) is 5.42.